The number of carbonyl (C=O) groups excluding carboxylic acids is 3. The van der Waals surface area contributed by atoms with Gasteiger partial charge in [-0.15, -0.1) is 25.6 Å². The number of piperidine rings is 1. The maximum Gasteiger partial charge on any atom is 0.573 e. The van der Waals surface area contributed by atoms with Crippen LogP contribution in [0.3, 0.4) is 0 Å². The van der Waals surface area contributed by atoms with E-state index in [1.165, 1.54) is 12.1 Å². The fraction of sp³-hybridized carbons (Fsp3) is 0.400. The first-order chi connectivity index (χ1) is 17.5. The van der Waals surface area contributed by atoms with Crippen LogP contribution in [0.25, 0.3) is 0 Å². The Morgan fingerprint density at radius 3 is 1.79 bits per heavy atom. The van der Waals surface area contributed by atoms with Crippen molar-refractivity contribution in [1.29, 1.82) is 0 Å². The van der Waals surface area contributed by atoms with Crippen LogP contribution in [-0.4, -0.2) is 48.2 Å². The van der Waals surface area contributed by atoms with Gasteiger partial charge in [0.2, 0.25) is 5.54 Å². The number of hydrogen-bond donors (Lipinski definition) is 3. The zero-order valence-corrected chi connectivity index (χ0v) is 20.9. The average molecular weight is 555 g/mol. The number of nitrogens with one attached hydrogen (secondary N) is 2. The Balaban J connectivity index is 0.00000336. The first kappa shape index (κ1) is 27.7. The second kappa shape index (κ2) is 10.1. The number of nitrogens with two attached hydrogens (primary N) is 1. The highest BCUT2D eigenvalue weighted by atomic mass is 35.5. The number of rotatable bonds is 5. The molecule has 4 N–H and O–H groups in total. The summed E-state index contributed by atoms with van der Waals surface area (Å²) in [7, 11) is 0. The summed E-state index contributed by atoms with van der Waals surface area (Å²) in [6.45, 7) is 0.903. The number of hydrogen-bond acceptors (Lipinski definition) is 7. The van der Waals surface area contributed by atoms with Crippen LogP contribution in [0, 0.1) is 5.41 Å². The molecular formula is C25H26ClF3N4O5. The van der Waals surface area contributed by atoms with E-state index in [1.807, 2.05) is 0 Å². The molecular weight excluding hydrogens is 529 g/mol. The van der Waals surface area contributed by atoms with Gasteiger partial charge < -0.3 is 15.2 Å². The van der Waals surface area contributed by atoms with Crippen molar-refractivity contribution in [3.8, 4) is 17.2 Å². The number of alkyl halides is 3. The molecule has 2 saturated heterocycles. The van der Waals surface area contributed by atoms with E-state index in [1.54, 1.807) is 29.2 Å². The molecule has 2 aliphatic heterocycles. The van der Waals surface area contributed by atoms with E-state index in [0.717, 1.165) is 37.8 Å². The van der Waals surface area contributed by atoms with Gasteiger partial charge in [0.05, 0.1) is 0 Å². The fourth-order valence-electron chi connectivity index (χ4n) is 5.49. The molecule has 1 aliphatic carbocycles. The number of urea groups is 1. The minimum atomic E-state index is -4.80. The second-order valence-corrected chi connectivity index (χ2v) is 9.59. The van der Waals surface area contributed by atoms with E-state index in [4.69, 9.17) is 10.5 Å². The van der Waals surface area contributed by atoms with Crippen LogP contribution in [0.5, 0.6) is 17.2 Å². The highest BCUT2D eigenvalue weighted by Crippen LogP contribution is 2.50. The third-order valence-corrected chi connectivity index (χ3v) is 7.65. The van der Waals surface area contributed by atoms with Gasteiger partial charge in [0.1, 0.15) is 17.2 Å². The number of ether oxygens (including phenoxy) is 2. The molecule has 1 spiro atoms. The molecule has 5 rings (SSSR count). The highest BCUT2D eigenvalue weighted by molar-refractivity contribution is 6.22. The van der Waals surface area contributed by atoms with Gasteiger partial charge >= 0.3 is 12.4 Å². The lowest BCUT2D eigenvalue weighted by Crippen LogP contribution is -2.72. The molecule has 2 aromatic carbocycles. The first-order valence-corrected chi connectivity index (χ1v) is 11.8. The van der Waals surface area contributed by atoms with Gasteiger partial charge in [-0.25, -0.2) is 4.79 Å². The molecule has 38 heavy (non-hydrogen) atoms. The molecule has 0 radical (unpaired) electrons. The molecule has 2 aromatic rings. The van der Waals surface area contributed by atoms with Crippen molar-refractivity contribution < 1.29 is 37.0 Å². The van der Waals surface area contributed by atoms with E-state index >= 15 is 0 Å². The van der Waals surface area contributed by atoms with E-state index in [9.17, 15) is 27.6 Å². The van der Waals surface area contributed by atoms with Crippen molar-refractivity contribution in [2.75, 3.05) is 13.1 Å². The number of benzene rings is 2. The third-order valence-electron chi connectivity index (χ3n) is 7.65. The summed E-state index contributed by atoms with van der Waals surface area (Å²) in [5, 5.41) is 4.46. The number of nitrogens with zero attached hydrogens (tertiary/aromatic N) is 1. The number of imide groups is 2. The average Bonchev–Trinajstić information content (AvgIpc) is 2.84. The number of amides is 4. The molecule has 3 aliphatic rings. The summed E-state index contributed by atoms with van der Waals surface area (Å²) < 4.78 is 46.6. The first-order valence-electron chi connectivity index (χ1n) is 11.8. The third kappa shape index (κ3) is 4.91. The molecule has 2 heterocycles. The smallest absolute Gasteiger partial charge is 0.457 e. The van der Waals surface area contributed by atoms with Crippen molar-refractivity contribution in [1.82, 2.24) is 15.5 Å². The summed E-state index contributed by atoms with van der Waals surface area (Å²) >= 11 is 0. The summed E-state index contributed by atoms with van der Waals surface area (Å²) in [5.41, 5.74) is 4.87. The SMILES string of the molecule is Cl.NC1CCC12CCN(C1(c3ccc(Oc4ccc(OC(F)(F)F)cc4)cc3)C(=O)NC(=O)NC1=O)CC2. The molecule has 13 heteroatoms. The monoisotopic (exact) mass is 554 g/mol. The zero-order chi connectivity index (χ0) is 26.4. The highest BCUT2D eigenvalue weighted by Gasteiger charge is 2.58. The Labute approximate surface area is 222 Å². The van der Waals surface area contributed by atoms with Gasteiger partial charge in [-0.2, -0.15) is 0 Å². The van der Waals surface area contributed by atoms with Crippen LogP contribution in [0.15, 0.2) is 48.5 Å². The summed E-state index contributed by atoms with van der Waals surface area (Å²) in [6.07, 6.45) is -1.35. The fourth-order valence-corrected chi connectivity index (χ4v) is 5.49. The summed E-state index contributed by atoms with van der Waals surface area (Å²) in [5.74, 6) is -1.26. The number of carbonyl (C=O) groups is 3. The molecule has 1 atom stereocenters. The predicted molar refractivity (Wildman–Crippen MR) is 131 cm³/mol. The maximum absolute atomic E-state index is 13.3. The summed E-state index contributed by atoms with van der Waals surface area (Å²) in [6, 6.07) is 10.3. The zero-order valence-electron chi connectivity index (χ0n) is 20.0. The number of barbiturate groups is 1. The van der Waals surface area contributed by atoms with Crippen LogP contribution in [0.4, 0.5) is 18.0 Å². The van der Waals surface area contributed by atoms with Gasteiger partial charge in [-0.05, 0) is 73.1 Å². The maximum atomic E-state index is 13.3. The Morgan fingerprint density at radius 1 is 0.842 bits per heavy atom. The van der Waals surface area contributed by atoms with Crippen LogP contribution < -0.4 is 25.8 Å². The minimum absolute atomic E-state index is 0. The van der Waals surface area contributed by atoms with E-state index in [-0.39, 0.29) is 35.4 Å². The molecule has 204 valence electrons. The normalized spacial score (nSPS) is 22.5. The molecule has 3 fully saturated rings. The quantitative estimate of drug-likeness (QED) is 0.483. The van der Waals surface area contributed by atoms with E-state index in [2.05, 4.69) is 15.4 Å². The molecule has 9 nitrogen and oxygen atoms in total. The van der Waals surface area contributed by atoms with Crippen LogP contribution in [-0.2, 0) is 15.1 Å². The van der Waals surface area contributed by atoms with Crippen molar-refractivity contribution >= 4 is 30.3 Å². The number of halogens is 4. The van der Waals surface area contributed by atoms with Gasteiger partial charge in [0, 0.05) is 19.1 Å². The standard InChI is InChI=1S/C25H25F3N4O5.ClH/c26-25(27,28)37-18-7-5-17(6-8-18)36-16-3-1-15(2-4-16)24(20(33)30-22(35)31-21(24)34)32-13-11-23(12-14-32)10-9-19(23)29;/h1-8,19H,9-14,29H2,(H2,30,31,33,34,35);1H. The van der Waals surface area contributed by atoms with Crippen LogP contribution >= 0.6 is 12.4 Å². The lowest BCUT2D eigenvalue weighted by atomic mass is 9.59. The largest absolute Gasteiger partial charge is 0.573 e. The molecule has 1 saturated carbocycles. The number of likely N-dealkylation sites (tertiary alicyclic amines) is 1. The van der Waals surface area contributed by atoms with Crippen molar-refractivity contribution in [3.63, 3.8) is 0 Å². The molecule has 0 bridgehead atoms. The summed E-state index contributed by atoms with van der Waals surface area (Å²) in [4.78, 5) is 40.2. The lowest BCUT2D eigenvalue weighted by molar-refractivity contribution is -0.274. The van der Waals surface area contributed by atoms with E-state index in [0.29, 0.717) is 24.4 Å². The predicted octanol–water partition coefficient (Wildman–Crippen LogP) is 3.56. The second-order valence-electron chi connectivity index (χ2n) is 9.59. The van der Waals surface area contributed by atoms with Crippen molar-refractivity contribution in [2.45, 2.75) is 43.6 Å². The van der Waals surface area contributed by atoms with Gasteiger partial charge in [-0.3, -0.25) is 25.1 Å². The Kier molecular flexibility index (Phi) is 7.34. The minimum Gasteiger partial charge on any atom is -0.457 e. The molecule has 4 amide bonds. The molecule has 1 unspecified atom stereocenters. The van der Waals surface area contributed by atoms with Crippen molar-refractivity contribution in [2.24, 2.45) is 11.1 Å². The Morgan fingerprint density at radius 2 is 1.34 bits per heavy atom. The van der Waals surface area contributed by atoms with E-state index < -0.39 is 29.7 Å². The van der Waals surface area contributed by atoms with Gasteiger partial charge in [0.15, 0.2) is 0 Å². The van der Waals surface area contributed by atoms with Gasteiger partial charge in [-0.1, -0.05) is 12.1 Å². The van der Waals surface area contributed by atoms with Gasteiger partial charge in [0.25, 0.3) is 11.8 Å². The Bertz CT molecular complexity index is 1190. The topological polar surface area (TPSA) is 123 Å². The van der Waals surface area contributed by atoms with Crippen molar-refractivity contribution in [3.05, 3.63) is 54.1 Å². The van der Waals surface area contributed by atoms with Crippen LogP contribution in [0.1, 0.15) is 31.2 Å². The van der Waals surface area contributed by atoms with Crippen LogP contribution in [0.2, 0.25) is 0 Å². The lowest BCUT2D eigenvalue weighted by Gasteiger charge is -2.55. The Hall–Kier alpha value is -3.35. The molecule has 0 aromatic heterocycles.